The van der Waals surface area contributed by atoms with Gasteiger partial charge in [-0.25, -0.2) is 0 Å². The van der Waals surface area contributed by atoms with Crippen LogP contribution in [0.25, 0.3) is 0 Å². The normalized spacial score (nSPS) is 14.5. The first-order chi connectivity index (χ1) is 20.2. The van der Waals surface area contributed by atoms with Crippen molar-refractivity contribution in [2.75, 3.05) is 51.1 Å². The Kier molecular flexibility index (Phi) is 9.84. The van der Waals surface area contributed by atoms with Gasteiger partial charge in [0.25, 0.3) is 5.91 Å². The number of anilines is 1. The number of piperazine rings is 1. The zero-order valence-corrected chi connectivity index (χ0v) is 24.3. The lowest BCUT2D eigenvalue weighted by molar-refractivity contribution is 0.0773. The molecule has 1 aliphatic rings. The van der Waals surface area contributed by atoms with Crippen LogP contribution in [-0.2, 0) is 0 Å². The van der Waals surface area contributed by atoms with E-state index in [1.54, 1.807) is 0 Å². The lowest BCUT2D eigenvalue weighted by atomic mass is 9.91. The standard InChI is InChI=1S/C36H42N4O/c1-3-39(4-2)36(41)31-20-18-30(19-21-31)35(40-24-22-37-23-25-40)32-16-11-17-33(26-32)38-27-34(28-12-7-5-8-13-28)29-14-9-6-10-15-29/h5-21,26,34-35,37-38H,3-4,22-25,27H2,1-2H3. The van der Waals surface area contributed by atoms with Crippen LogP contribution in [0, 0.1) is 0 Å². The van der Waals surface area contributed by atoms with Gasteiger partial charge in [-0.05, 0) is 60.4 Å². The van der Waals surface area contributed by atoms with Gasteiger partial charge in [-0.3, -0.25) is 9.69 Å². The molecule has 0 radical (unpaired) electrons. The van der Waals surface area contributed by atoms with E-state index in [4.69, 9.17) is 0 Å². The van der Waals surface area contributed by atoms with E-state index >= 15 is 0 Å². The first-order valence-electron chi connectivity index (χ1n) is 15.0. The van der Waals surface area contributed by atoms with Crippen LogP contribution in [-0.4, -0.2) is 61.5 Å². The Balaban J connectivity index is 1.40. The second-order valence-corrected chi connectivity index (χ2v) is 10.7. The van der Waals surface area contributed by atoms with Crippen molar-refractivity contribution in [1.29, 1.82) is 0 Å². The Morgan fingerprint density at radius 1 is 0.756 bits per heavy atom. The molecule has 1 fully saturated rings. The summed E-state index contributed by atoms with van der Waals surface area (Å²) in [5.41, 5.74) is 6.95. The maximum absolute atomic E-state index is 12.9. The molecule has 41 heavy (non-hydrogen) atoms. The van der Waals surface area contributed by atoms with Gasteiger partial charge in [-0.15, -0.1) is 0 Å². The molecule has 1 unspecified atom stereocenters. The van der Waals surface area contributed by atoms with Crippen molar-refractivity contribution in [3.8, 4) is 0 Å². The highest BCUT2D eigenvalue weighted by atomic mass is 16.2. The number of carbonyl (C=O) groups excluding carboxylic acids is 1. The third-order valence-corrected chi connectivity index (χ3v) is 8.16. The van der Waals surface area contributed by atoms with Crippen LogP contribution in [0.2, 0.25) is 0 Å². The van der Waals surface area contributed by atoms with Crippen LogP contribution in [0.3, 0.4) is 0 Å². The summed E-state index contributed by atoms with van der Waals surface area (Å²) in [6.07, 6.45) is 0. The Labute approximate surface area is 245 Å². The highest BCUT2D eigenvalue weighted by molar-refractivity contribution is 5.94. The molecule has 0 aromatic heterocycles. The van der Waals surface area contributed by atoms with Crippen LogP contribution in [0.5, 0.6) is 0 Å². The quantitative estimate of drug-likeness (QED) is 0.228. The lowest BCUT2D eigenvalue weighted by Crippen LogP contribution is -2.45. The number of amides is 1. The van der Waals surface area contributed by atoms with Crippen molar-refractivity contribution in [1.82, 2.24) is 15.1 Å². The van der Waals surface area contributed by atoms with Crippen molar-refractivity contribution in [3.05, 3.63) is 137 Å². The minimum Gasteiger partial charge on any atom is -0.384 e. The fourth-order valence-corrected chi connectivity index (χ4v) is 5.89. The smallest absolute Gasteiger partial charge is 0.253 e. The number of hydrogen-bond acceptors (Lipinski definition) is 4. The average molecular weight is 547 g/mol. The largest absolute Gasteiger partial charge is 0.384 e. The van der Waals surface area contributed by atoms with Gasteiger partial charge in [0.2, 0.25) is 0 Å². The summed E-state index contributed by atoms with van der Waals surface area (Å²) in [5, 5.41) is 7.25. The van der Waals surface area contributed by atoms with Gasteiger partial charge in [0.1, 0.15) is 0 Å². The van der Waals surface area contributed by atoms with Gasteiger partial charge in [-0.2, -0.15) is 0 Å². The maximum atomic E-state index is 12.9. The highest BCUT2D eigenvalue weighted by Gasteiger charge is 2.25. The number of hydrogen-bond donors (Lipinski definition) is 2. The summed E-state index contributed by atoms with van der Waals surface area (Å²) >= 11 is 0. The molecule has 5 rings (SSSR count). The van der Waals surface area contributed by atoms with Gasteiger partial charge in [0.15, 0.2) is 0 Å². The van der Waals surface area contributed by atoms with Crippen molar-refractivity contribution >= 4 is 11.6 Å². The van der Waals surface area contributed by atoms with E-state index < -0.39 is 0 Å². The van der Waals surface area contributed by atoms with Crippen LogP contribution in [0.15, 0.2) is 109 Å². The zero-order chi connectivity index (χ0) is 28.4. The SMILES string of the molecule is CCN(CC)C(=O)c1ccc(C(c2cccc(NCC(c3ccccc3)c3ccccc3)c2)N2CCNCC2)cc1. The fourth-order valence-electron chi connectivity index (χ4n) is 5.89. The molecule has 0 bridgehead atoms. The van der Waals surface area contributed by atoms with Crippen LogP contribution < -0.4 is 10.6 Å². The molecule has 0 saturated carbocycles. The molecule has 4 aromatic carbocycles. The Morgan fingerprint density at radius 2 is 1.34 bits per heavy atom. The van der Waals surface area contributed by atoms with Gasteiger partial charge in [0, 0.05) is 63.0 Å². The Hall–Kier alpha value is -3.93. The first kappa shape index (κ1) is 28.6. The highest BCUT2D eigenvalue weighted by Crippen LogP contribution is 2.32. The Bertz CT molecular complexity index is 1320. The predicted octanol–water partition coefficient (Wildman–Crippen LogP) is 6.41. The summed E-state index contributed by atoms with van der Waals surface area (Å²) in [7, 11) is 0. The molecular formula is C36H42N4O. The van der Waals surface area contributed by atoms with Crippen molar-refractivity contribution in [2.24, 2.45) is 0 Å². The molecule has 1 heterocycles. The van der Waals surface area contributed by atoms with Crippen molar-refractivity contribution < 1.29 is 4.79 Å². The van der Waals surface area contributed by atoms with Crippen LogP contribution in [0.1, 0.15) is 58.4 Å². The molecule has 5 nitrogen and oxygen atoms in total. The molecular weight excluding hydrogens is 504 g/mol. The first-order valence-corrected chi connectivity index (χ1v) is 15.0. The molecule has 1 aliphatic heterocycles. The van der Waals surface area contributed by atoms with Crippen molar-refractivity contribution in [2.45, 2.75) is 25.8 Å². The molecule has 0 aliphatic carbocycles. The van der Waals surface area contributed by atoms with Gasteiger partial charge in [-0.1, -0.05) is 84.9 Å². The molecule has 0 spiro atoms. The molecule has 212 valence electrons. The summed E-state index contributed by atoms with van der Waals surface area (Å²) in [6, 6.07) is 38.7. The van der Waals surface area contributed by atoms with E-state index in [-0.39, 0.29) is 17.9 Å². The van der Waals surface area contributed by atoms with Crippen molar-refractivity contribution in [3.63, 3.8) is 0 Å². The lowest BCUT2D eigenvalue weighted by Gasteiger charge is -2.36. The Morgan fingerprint density at radius 3 is 1.93 bits per heavy atom. The van der Waals surface area contributed by atoms with E-state index in [0.29, 0.717) is 0 Å². The predicted molar refractivity (Wildman–Crippen MR) is 170 cm³/mol. The third kappa shape index (κ3) is 7.05. The maximum Gasteiger partial charge on any atom is 0.253 e. The summed E-state index contributed by atoms with van der Waals surface area (Å²) in [6.45, 7) is 10.2. The molecule has 1 atom stereocenters. The van der Waals surface area contributed by atoms with Gasteiger partial charge in [0.05, 0.1) is 6.04 Å². The molecule has 5 heteroatoms. The second-order valence-electron chi connectivity index (χ2n) is 10.7. The minimum absolute atomic E-state index is 0.0952. The van der Waals surface area contributed by atoms with Crippen LogP contribution in [0.4, 0.5) is 5.69 Å². The summed E-state index contributed by atoms with van der Waals surface area (Å²) in [4.78, 5) is 17.4. The summed E-state index contributed by atoms with van der Waals surface area (Å²) < 4.78 is 0. The minimum atomic E-state index is 0.0952. The van der Waals surface area contributed by atoms with E-state index in [1.807, 2.05) is 30.9 Å². The summed E-state index contributed by atoms with van der Waals surface area (Å²) in [5.74, 6) is 0.346. The van der Waals surface area contributed by atoms with E-state index in [1.165, 1.54) is 22.3 Å². The van der Waals surface area contributed by atoms with E-state index in [2.05, 4.69) is 113 Å². The average Bonchev–Trinajstić information content (AvgIpc) is 3.04. The zero-order valence-electron chi connectivity index (χ0n) is 24.3. The third-order valence-electron chi connectivity index (χ3n) is 8.16. The topological polar surface area (TPSA) is 47.6 Å². The van der Waals surface area contributed by atoms with Gasteiger partial charge < -0.3 is 15.5 Å². The number of benzene rings is 4. The van der Waals surface area contributed by atoms with Gasteiger partial charge >= 0.3 is 0 Å². The molecule has 2 N–H and O–H groups in total. The van der Waals surface area contributed by atoms with E-state index in [0.717, 1.165) is 57.1 Å². The molecule has 4 aromatic rings. The number of nitrogens with zero attached hydrogens (tertiary/aromatic N) is 2. The van der Waals surface area contributed by atoms with Crippen LogP contribution >= 0.6 is 0 Å². The second kappa shape index (κ2) is 14.1. The number of rotatable bonds is 11. The number of carbonyl (C=O) groups is 1. The fraction of sp³-hybridized carbons (Fsp3) is 0.306. The molecule has 1 amide bonds. The monoisotopic (exact) mass is 546 g/mol. The number of nitrogens with one attached hydrogen (secondary N) is 2. The molecule has 1 saturated heterocycles. The van der Waals surface area contributed by atoms with E-state index in [9.17, 15) is 4.79 Å².